The number of methoxy groups -OCH3 is 1. The first kappa shape index (κ1) is 23.4. The van der Waals surface area contributed by atoms with Crippen molar-refractivity contribution in [3.63, 3.8) is 0 Å². The Morgan fingerprint density at radius 2 is 1.79 bits per heavy atom. The number of nitrogens with one attached hydrogen (secondary N) is 1. The molecule has 1 aromatic heterocycles. The Bertz CT molecular complexity index is 1280. The van der Waals surface area contributed by atoms with Gasteiger partial charge in [-0.25, -0.2) is 0 Å². The number of fused-ring (bicyclic) bond motifs is 1. The van der Waals surface area contributed by atoms with Gasteiger partial charge >= 0.3 is 0 Å². The van der Waals surface area contributed by atoms with E-state index in [1.807, 2.05) is 56.6 Å². The van der Waals surface area contributed by atoms with E-state index in [0.717, 1.165) is 39.9 Å². The number of hydrogen-bond acceptors (Lipinski definition) is 5. The first-order chi connectivity index (χ1) is 15.8. The number of pyridine rings is 1. The van der Waals surface area contributed by atoms with E-state index in [-0.39, 0.29) is 0 Å². The highest BCUT2D eigenvalue weighted by molar-refractivity contribution is 7.90. The van der Waals surface area contributed by atoms with Gasteiger partial charge in [0.25, 0.3) is 0 Å². The Kier molecular flexibility index (Phi) is 7.10. The van der Waals surface area contributed by atoms with Crippen LogP contribution in [0.25, 0.3) is 22.0 Å². The van der Waals surface area contributed by atoms with Crippen molar-refractivity contribution >= 4 is 45.1 Å². The zero-order valence-corrected chi connectivity index (χ0v) is 20.6. The number of benzene rings is 3. The van der Waals surface area contributed by atoms with Gasteiger partial charge in [-0.3, -0.25) is 4.98 Å². The molecule has 0 aliphatic rings. The van der Waals surface area contributed by atoms with E-state index < -0.39 is 11.2 Å². The molecule has 1 unspecified atom stereocenters. The zero-order chi connectivity index (χ0) is 23.5. The highest BCUT2D eigenvalue weighted by atomic mass is 35.5. The fourth-order valence-electron chi connectivity index (χ4n) is 3.75. The van der Waals surface area contributed by atoms with Gasteiger partial charge in [0, 0.05) is 22.6 Å². The molecule has 0 bridgehead atoms. The van der Waals surface area contributed by atoms with E-state index in [1.54, 1.807) is 25.6 Å². The number of hydrogen-bond donors (Lipinski definition) is 1. The normalized spacial score (nSPS) is 12.2. The second-order valence-electron chi connectivity index (χ2n) is 8.12. The van der Waals surface area contributed by atoms with Gasteiger partial charge in [-0.1, -0.05) is 29.8 Å². The molecule has 33 heavy (non-hydrogen) atoms. The number of ether oxygens (including phenoxy) is 1. The summed E-state index contributed by atoms with van der Waals surface area (Å²) >= 11 is 5.08. The lowest BCUT2D eigenvalue weighted by molar-refractivity contribution is 0.402. The van der Waals surface area contributed by atoms with Crippen molar-refractivity contribution in [2.75, 3.05) is 32.8 Å². The number of aromatic nitrogens is 1. The first-order valence-electron chi connectivity index (χ1n) is 10.5. The number of nitrogens with zero attached hydrogens (tertiary/aromatic N) is 2. The molecule has 0 saturated carbocycles. The highest BCUT2D eigenvalue weighted by Crippen LogP contribution is 2.36. The molecule has 7 heteroatoms. The summed E-state index contributed by atoms with van der Waals surface area (Å²) in [6, 6.07) is 19.9. The van der Waals surface area contributed by atoms with Gasteiger partial charge in [-0.05, 0) is 84.4 Å². The van der Waals surface area contributed by atoms with Crippen LogP contribution < -0.4 is 10.1 Å². The summed E-state index contributed by atoms with van der Waals surface area (Å²) in [5.41, 5.74) is 5.65. The van der Waals surface area contributed by atoms with E-state index in [9.17, 15) is 4.55 Å². The van der Waals surface area contributed by atoms with Gasteiger partial charge in [0.1, 0.15) is 17.7 Å². The molecule has 0 fully saturated rings. The van der Waals surface area contributed by atoms with Crippen LogP contribution in [0.3, 0.4) is 0 Å². The molecule has 1 N–H and O–H groups in total. The summed E-state index contributed by atoms with van der Waals surface area (Å²) in [5, 5.41) is 4.98. The summed E-state index contributed by atoms with van der Waals surface area (Å²) in [4.78, 5) is 7.33. The Balaban J connectivity index is 1.80. The topological polar surface area (TPSA) is 60.5 Å². The van der Waals surface area contributed by atoms with E-state index in [2.05, 4.69) is 27.3 Å². The van der Waals surface area contributed by atoms with E-state index >= 15 is 0 Å². The van der Waals surface area contributed by atoms with E-state index in [4.69, 9.17) is 16.3 Å². The second-order valence-corrected chi connectivity index (χ2v) is 9.91. The van der Waals surface area contributed by atoms with Crippen molar-refractivity contribution in [1.29, 1.82) is 0 Å². The number of halogens is 1. The molecule has 1 heterocycles. The van der Waals surface area contributed by atoms with Crippen LogP contribution in [0.4, 0.5) is 11.4 Å². The van der Waals surface area contributed by atoms with Crippen molar-refractivity contribution in [3.8, 4) is 16.9 Å². The molecular weight excluding hydrogens is 454 g/mol. The van der Waals surface area contributed by atoms with Crippen LogP contribution in [0.1, 0.15) is 5.56 Å². The maximum absolute atomic E-state index is 12.6. The van der Waals surface area contributed by atoms with Gasteiger partial charge in [0.2, 0.25) is 0 Å². The van der Waals surface area contributed by atoms with Crippen LogP contribution in [0, 0.1) is 0 Å². The summed E-state index contributed by atoms with van der Waals surface area (Å²) < 4.78 is 17.9. The second kappa shape index (κ2) is 10.0. The van der Waals surface area contributed by atoms with Gasteiger partial charge in [-0.15, -0.1) is 0 Å². The lowest BCUT2D eigenvalue weighted by atomic mass is 10.0. The lowest BCUT2D eigenvalue weighted by Crippen LogP contribution is -2.10. The maximum atomic E-state index is 12.6. The summed E-state index contributed by atoms with van der Waals surface area (Å²) in [7, 11) is 5.71. The van der Waals surface area contributed by atoms with Crippen LogP contribution in [0.5, 0.6) is 5.75 Å². The maximum Gasteiger partial charge on any atom is 0.194 e. The van der Waals surface area contributed by atoms with Crippen molar-refractivity contribution in [2.24, 2.45) is 0 Å². The fourth-order valence-corrected chi connectivity index (χ4v) is 4.63. The summed E-state index contributed by atoms with van der Waals surface area (Å²) in [6.45, 7) is 0.870. The summed E-state index contributed by atoms with van der Waals surface area (Å²) in [5.74, 6) is 0.690. The number of anilines is 2. The van der Waals surface area contributed by atoms with Crippen LogP contribution in [0.2, 0.25) is 5.02 Å². The molecule has 0 saturated heterocycles. The molecule has 1 atom stereocenters. The van der Waals surface area contributed by atoms with Gasteiger partial charge in [0.15, 0.2) is 4.90 Å². The van der Waals surface area contributed by atoms with Crippen LogP contribution >= 0.6 is 11.6 Å². The third-order valence-electron chi connectivity index (χ3n) is 5.31. The van der Waals surface area contributed by atoms with Crippen LogP contribution in [0.15, 0.2) is 71.8 Å². The average molecular weight is 480 g/mol. The van der Waals surface area contributed by atoms with Gasteiger partial charge < -0.3 is 19.5 Å². The SMILES string of the molecule is COc1cc(Cl)cc(-c2ccc3ncc([S+](C)[O-])c(Nc4ccc(CN(C)C)cc4)c3c2)c1. The minimum atomic E-state index is -1.22. The summed E-state index contributed by atoms with van der Waals surface area (Å²) in [6.07, 6.45) is 3.35. The Morgan fingerprint density at radius 3 is 2.45 bits per heavy atom. The van der Waals surface area contributed by atoms with E-state index in [1.165, 1.54) is 5.56 Å². The largest absolute Gasteiger partial charge is 0.612 e. The van der Waals surface area contributed by atoms with Gasteiger partial charge in [0.05, 0.1) is 18.8 Å². The average Bonchev–Trinajstić information content (AvgIpc) is 2.79. The molecule has 4 rings (SSSR count). The molecule has 0 aliphatic heterocycles. The third kappa shape index (κ3) is 5.42. The molecular formula is C26H26ClN3O2S. The smallest absolute Gasteiger partial charge is 0.194 e. The minimum Gasteiger partial charge on any atom is -0.612 e. The molecule has 0 radical (unpaired) electrons. The molecule has 0 amide bonds. The standard InChI is InChI=1S/C26H26ClN3O2S/c1-30(2)16-17-5-8-21(9-6-17)29-26-23-13-18(19-11-20(27)14-22(12-19)32-3)7-10-24(23)28-15-25(26)33(4)31/h5-15H,16H2,1-4H3,(H,28,29). The predicted octanol–water partition coefficient (Wildman–Crippen LogP) is 6.11. The molecule has 0 aliphatic carbocycles. The number of rotatable bonds is 7. The fraction of sp³-hybridized carbons (Fsp3) is 0.192. The Hall–Kier alpha value is -2.77. The van der Waals surface area contributed by atoms with Crippen molar-refractivity contribution in [3.05, 3.63) is 77.4 Å². The highest BCUT2D eigenvalue weighted by Gasteiger charge is 2.18. The third-order valence-corrected chi connectivity index (χ3v) is 6.45. The zero-order valence-electron chi connectivity index (χ0n) is 19.1. The predicted molar refractivity (Wildman–Crippen MR) is 138 cm³/mol. The Labute approximate surface area is 202 Å². The molecule has 170 valence electrons. The van der Waals surface area contributed by atoms with Crippen molar-refractivity contribution in [2.45, 2.75) is 11.4 Å². The quantitative estimate of drug-likeness (QED) is 0.324. The molecule has 3 aromatic carbocycles. The van der Waals surface area contributed by atoms with Gasteiger partial charge in [-0.2, -0.15) is 0 Å². The Morgan fingerprint density at radius 1 is 1.03 bits per heavy atom. The first-order valence-corrected chi connectivity index (χ1v) is 12.4. The monoisotopic (exact) mass is 479 g/mol. The van der Waals surface area contributed by atoms with Crippen LogP contribution in [-0.4, -0.2) is 41.9 Å². The molecule has 0 spiro atoms. The minimum absolute atomic E-state index is 0.599. The van der Waals surface area contributed by atoms with E-state index in [0.29, 0.717) is 15.7 Å². The van der Waals surface area contributed by atoms with Crippen molar-refractivity contribution < 1.29 is 9.29 Å². The molecule has 5 nitrogen and oxygen atoms in total. The lowest BCUT2D eigenvalue weighted by Gasteiger charge is -2.16. The van der Waals surface area contributed by atoms with Crippen LogP contribution in [-0.2, 0) is 17.7 Å². The van der Waals surface area contributed by atoms with Crippen molar-refractivity contribution in [1.82, 2.24) is 9.88 Å². The molecule has 4 aromatic rings.